The molecule has 1 atom stereocenters. The molecule has 2 N–H and O–H groups in total. The molecule has 0 spiro atoms. The molecule has 8 heteroatoms. The molecule has 3 aromatic carbocycles. The number of hydrogen-bond acceptors (Lipinski definition) is 4. The number of ether oxygens (including phenoxy) is 1. The van der Waals surface area contributed by atoms with Crippen molar-refractivity contribution in [3.8, 4) is 5.75 Å². The number of sulfonamides is 1. The maximum absolute atomic E-state index is 14.0. The van der Waals surface area contributed by atoms with Gasteiger partial charge in [-0.2, -0.15) is 0 Å². The molecule has 0 saturated carbocycles. The van der Waals surface area contributed by atoms with Gasteiger partial charge in [-0.1, -0.05) is 42.5 Å². The summed E-state index contributed by atoms with van der Waals surface area (Å²) in [4.78, 5) is 12.5. The summed E-state index contributed by atoms with van der Waals surface area (Å²) >= 11 is 0. The van der Waals surface area contributed by atoms with Gasteiger partial charge in [0, 0.05) is 6.04 Å². The highest BCUT2D eigenvalue weighted by molar-refractivity contribution is 7.89. The van der Waals surface area contributed by atoms with Crippen LogP contribution in [0.25, 0.3) is 0 Å². The van der Waals surface area contributed by atoms with Gasteiger partial charge in [0.15, 0.2) is 0 Å². The molecule has 1 amide bonds. The van der Waals surface area contributed by atoms with Crippen molar-refractivity contribution in [3.05, 3.63) is 89.7 Å². The zero-order valence-corrected chi connectivity index (χ0v) is 17.9. The molecule has 0 saturated heterocycles. The second kappa shape index (κ2) is 9.72. The standard InChI is InChI=1S/C23H23FN2O4S/c1-3-30-22-14-13-18(31(28,29)26-16(2)17-9-5-4-6-10-17)15-21(22)25-23(27)19-11-7-8-12-20(19)24/h4-16,26H,3H2,1-2H3,(H,25,27)/t16-/m1/s1. The first-order valence-corrected chi connectivity index (χ1v) is 11.2. The number of rotatable bonds is 8. The van der Waals surface area contributed by atoms with Gasteiger partial charge in [0.25, 0.3) is 5.91 Å². The number of nitrogens with one attached hydrogen (secondary N) is 2. The van der Waals surface area contributed by atoms with Gasteiger partial charge >= 0.3 is 0 Å². The lowest BCUT2D eigenvalue weighted by Crippen LogP contribution is -2.27. The van der Waals surface area contributed by atoms with Gasteiger partial charge in [0.05, 0.1) is 22.8 Å². The van der Waals surface area contributed by atoms with Crippen molar-refractivity contribution in [1.29, 1.82) is 0 Å². The molecule has 0 unspecified atom stereocenters. The Hall–Kier alpha value is -3.23. The van der Waals surface area contributed by atoms with Crippen molar-refractivity contribution in [2.24, 2.45) is 0 Å². The predicted molar refractivity (Wildman–Crippen MR) is 117 cm³/mol. The quantitative estimate of drug-likeness (QED) is 0.537. The summed E-state index contributed by atoms with van der Waals surface area (Å²) in [6.45, 7) is 3.80. The minimum Gasteiger partial charge on any atom is -0.492 e. The van der Waals surface area contributed by atoms with Crippen LogP contribution in [0.5, 0.6) is 5.75 Å². The Morgan fingerprint density at radius 2 is 1.71 bits per heavy atom. The highest BCUT2D eigenvalue weighted by Crippen LogP contribution is 2.29. The van der Waals surface area contributed by atoms with E-state index in [0.29, 0.717) is 6.61 Å². The lowest BCUT2D eigenvalue weighted by molar-refractivity contribution is 0.102. The van der Waals surface area contributed by atoms with E-state index in [2.05, 4.69) is 10.0 Å². The van der Waals surface area contributed by atoms with Crippen molar-refractivity contribution >= 4 is 21.6 Å². The van der Waals surface area contributed by atoms with Crippen LogP contribution in [-0.4, -0.2) is 20.9 Å². The van der Waals surface area contributed by atoms with E-state index in [0.717, 1.165) is 5.56 Å². The van der Waals surface area contributed by atoms with Crippen molar-refractivity contribution in [2.75, 3.05) is 11.9 Å². The van der Waals surface area contributed by atoms with Gasteiger partial charge in [0.2, 0.25) is 10.0 Å². The summed E-state index contributed by atoms with van der Waals surface area (Å²) in [5.41, 5.74) is 0.782. The molecule has 31 heavy (non-hydrogen) atoms. The summed E-state index contributed by atoms with van der Waals surface area (Å²) in [5, 5.41) is 2.55. The van der Waals surface area contributed by atoms with Crippen LogP contribution in [0.3, 0.4) is 0 Å². The third kappa shape index (κ3) is 5.48. The van der Waals surface area contributed by atoms with Gasteiger partial charge < -0.3 is 10.1 Å². The Bertz CT molecular complexity index is 1170. The minimum absolute atomic E-state index is 0.0532. The number of amides is 1. The van der Waals surface area contributed by atoms with E-state index < -0.39 is 27.8 Å². The largest absolute Gasteiger partial charge is 0.492 e. The smallest absolute Gasteiger partial charge is 0.258 e. The average molecular weight is 443 g/mol. The van der Waals surface area contributed by atoms with Gasteiger partial charge in [0.1, 0.15) is 11.6 Å². The first-order chi connectivity index (χ1) is 14.8. The van der Waals surface area contributed by atoms with E-state index >= 15 is 0 Å². The summed E-state index contributed by atoms with van der Waals surface area (Å²) in [7, 11) is -3.90. The minimum atomic E-state index is -3.90. The van der Waals surface area contributed by atoms with Crippen molar-refractivity contribution in [3.63, 3.8) is 0 Å². The zero-order valence-electron chi connectivity index (χ0n) is 17.1. The van der Waals surface area contributed by atoms with Crippen LogP contribution >= 0.6 is 0 Å². The maximum Gasteiger partial charge on any atom is 0.258 e. The molecular formula is C23H23FN2O4S. The van der Waals surface area contributed by atoms with Crippen LogP contribution in [0, 0.1) is 5.82 Å². The van der Waals surface area contributed by atoms with E-state index in [1.54, 1.807) is 13.8 Å². The Balaban J connectivity index is 1.90. The molecule has 0 bridgehead atoms. The first-order valence-electron chi connectivity index (χ1n) is 9.72. The molecule has 0 fully saturated rings. The predicted octanol–water partition coefficient (Wildman–Crippen LogP) is 4.52. The molecule has 162 valence electrons. The molecule has 3 aromatic rings. The van der Waals surface area contributed by atoms with Crippen LogP contribution in [0.4, 0.5) is 10.1 Å². The third-order valence-electron chi connectivity index (χ3n) is 4.56. The van der Waals surface area contributed by atoms with E-state index in [1.807, 2.05) is 30.3 Å². The Morgan fingerprint density at radius 3 is 2.39 bits per heavy atom. The molecule has 0 aliphatic rings. The van der Waals surface area contributed by atoms with Crippen LogP contribution in [0.15, 0.2) is 77.7 Å². The zero-order chi connectivity index (χ0) is 22.4. The van der Waals surface area contributed by atoms with Gasteiger partial charge in [-0.05, 0) is 49.7 Å². The fourth-order valence-electron chi connectivity index (χ4n) is 3.00. The molecule has 0 aliphatic heterocycles. The van der Waals surface area contributed by atoms with Crippen molar-refractivity contribution in [2.45, 2.75) is 24.8 Å². The summed E-state index contributed by atoms with van der Waals surface area (Å²) in [6, 6.07) is 18.4. The fourth-order valence-corrected chi connectivity index (χ4v) is 4.26. The molecular weight excluding hydrogens is 419 g/mol. The Kier molecular flexibility index (Phi) is 7.04. The average Bonchev–Trinajstić information content (AvgIpc) is 2.75. The number of carbonyl (C=O) groups is 1. The summed E-state index contributed by atoms with van der Waals surface area (Å²) < 4.78 is 47.9. The van der Waals surface area contributed by atoms with E-state index in [4.69, 9.17) is 4.74 Å². The van der Waals surface area contributed by atoms with Crippen molar-refractivity contribution < 1.29 is 22.3 Å². The molecule has 0 radical (unpaired) electrons. The molecule has 0 heterocycles. The first kappa shape index (κ1) is 22.5. The van der Waals surface area contributed by atoms with Gasteiger partial charge in [-0.3, -0.25) is 4.79 Å². The normalized spacial score (nSPS) is 12.2. The van der Waals surface area contributed by atoms with Gasteiger partial charge in [-0.15, -0.1) is 0 Å². The highest BCUT2D eigenvalue weighted by atomic mass is 32.2. The Labute approximate surface area is 181 Å². The lowest BCUT2D eigenvalue weighted by Gasteiger charge is -2.17. The summed E-state index contributed by atoms with van der Waals surface area (Å²) in [6.07, 6.45) is 0. The van der Waals surface area contributed by atoms with Crippen LogP contribution in [-0.2, 0) is 10.0 Å². The third-order valence-corrected chi connectivity index (χ3v) is 6.10. The highest BCUT2D eigenvalue weighted by Gasteiger charge is 2.21. The lowest BCUT2D eigenvalue weighted by atomic mass is 10.1. The molecule has 0 aliphatic carbocycles. The molecule has 0 aromatic heterocycles. The summed E-state index contributed by atoms with van der Waals surface area (Å²) in [5.74, 6) is -1.11. The number of benzene rings is 3. The molecule has 3 rings (SSSR count). The number of halogens is 1. The monoisotopic (exact) mass is 442 g/mol. The van der Waals surface area contributed by atoms with E-state index in [9.17, 15) is 17.6 Å². The van der Waals surface area contributed by atoms with Crippen LogP contribution < -0.4 is 14.8 Å². The number of hydrogen-bond donors (Lipinski definition) is 2. The van der Waals surface area contributed by atoms with Crippen molar-refractivity contribution in [1.82, 2.24) is 4.72 Å². The SMILES string of the molecule is CCOc1ccc(S(=O)(=O)N[C@H](C)c2ccccc2)cc1NC(=O)c1ccccc1F. The molecule has 6 nitrogen and oxygen atoms in total. The van der Waals surface area contributed by atoms with Gasteiger partial charge in [-0.25, -0.2) is 17.5 Å². The second-order valence-corrected chi connectivity index (χ2v) is 8.49. The fraction of sp³-hybridized carbons (Fsp3) is 0.174. The number of carbonyl (C=O) groups excluding carboxylic acids is 1. The van der Waals surface area contributed by atoms with E-state index in [-0.39, 0.29) is 21.9 Å². The maximum atomic E-state index is 14.0. The second-order valence-electron chi connectivity index (χ2n) is 6.78. The topological polar surface area (TPSA) is 84.5 Å². The van der Waals surface area contributed by atoms with E-state index in [1.165, 1.54) is 42.5 Å². The Morgan fingerprint density at radius 1 is 1.03 bits per heavy atom. The van der Waals surface area contributed by atoms with Crippen LogP contribution in [0.2, 0.25) is 0 Å². The number of anilines is 1. The van der Waals surface area contributed by atoms with Crippen LogP contribution in [0.1, 0.15) is 35.8 Å².